The van der Waals surface area contributed by atoms with Crippen molar-refractivity contribution in [1.29, 1.82) is 0 Å². The van der Waals surface area contributed by atoms with Crippen LogP contribution >= 0.6 is 0 Å². The van der Waals surface area contributed by atoms with E-state index in [1.54, 1.807) is 0 Å². The van der Waals surface area contributed by atoms with E-state index >= 15 is 0 Å². The molecule has 0 aliphatic carbocycles. The Morgan fingerprint density at radius 1 is 0.933 bits per heavy atom. The highest BCUT2D eigenvalue weighted by atomic mass is 14.1. The van der Waals surface area contributed by atoms with Crippen LogP contribution in [-0.4, -0.2) is 0 Å². The Labute approximate surface area is 98.9 Å². The molecule has 0 heteroatoms. The molecule has 0 heterocycles. The fraction of sp³-hybridized carbons (Fsp3) is 1.00. The van der Waals surface area contributed by atoms with Crippen molar-refractivity contribution in [1.82, 2.24) is 0 Å². The minimum Gasteiger partial charge on any atom is -0.0654 e. The summed E-state index contributed by atoms with van der Waals surface area (Å²) < 4.78 is 0. The average molecular weight is 214 g/mol. The van der Waals surface area contributed by atoms with E-state index in [4.69, 9.17) is 0 Å². The molecular weight excluding hydrogens is 180 g/mol. The molecule has 0 aromatic heterocycles. The largest absolute Gasteiger partial charge is 0.0654 e. The second-order valence-corrected chi connectivity index (χ2v) is 5.53. The molecule has 0 saturated heterocycles. The number of rotatable bonds is 6. The standard InChI is InChI=1S/C8H18.C7H16/c1-4-6-7-8(3)5-2;1-5-7(3,4)6-2/h8H,4-7H2,1-3H3;5-6H2,1-4H3. The van der Waals surface area contributed by atoms with Gasteiger partial charge in [-0.15, -0.1) is 0 Å². The van der Waals surface area contributed by atoms with Gasteiger partial charge >= 0.3 is 0 Å². The van der Waals surface area contributed by atoms with Crippen LogP contribution in [0.25, 0.3) is 0 Å². The summed E-state index contributed by atoms with van der Waals surface area (Å²) in [7, 11) is 0. The van der Waals surface area contributed by atoms with Crippen LogP contribution in [0.3, 0.4) is 0 Å². The van der Waals surface area contributed by atoms with Crippen molar-refractivity contribution in [3.63, 3.8) is 0 Å². The summed E-state index contributed by atoms with van der Waals surface area (Å²) in [6.45, 7) is 15.9. The fourth-order valence-electron chi connectivity index (χ4n) is 1.01. The Bertz CT molecular complexity index is 107. The minimum absolute atomic E-state index is 0.583. The van der Waals surface area contributed by atoms with Crippen molar-refractivity contribution < 1.29 is 0 Å². The van der Waals surface area contributed by atoms with E-state index in [0.29, 0.717) is 5.41 Å². The highest BCUT2D eigenvalue weighted by molar-refractivity contribution is 4.61. The molecule has 0 amide bonds. The van der Waals surface area contributed by atoms with Crippen LogP contribution in [0.15, 0.2) is 0 Å². The molecule has 0 nitrogen and oxygen atoms in total. The number of hydrogen-bond donors (Lipinski definition) is 0. The van der Waals surface area contributed by atoms with Crippen molar-refractivity contribution in [3.05, 3.63) is 0 Å². The van der Waals surface area contributed by atoms with Crippen LogP contribution in [0.5, 0.6) is 0 Å². The second kappa shape index (κ2) is 10.5. The first-order chi connectivity index (χ1) is 6.93. The maximum Gasteiger partial charge on any atom is -0.0359 e. The molecule has 1 atom stereocenters. The molecular formula is C15H34. The van der Waals surface area contributed by atoms with Crippen molar-refractivity contribution in [2.45, 2.75) is 87.0 Å². The van der Waals surface area contributed by atoms with E-state index in [1.165, 1.54) is 38.5 Å². The van der Waals surface area contributed by atoms with Crippen LogP contribution in [0.4, 0.5) is 0 Å². The Morgan fingerprint density at radius 3 is 1.60 bits per heavy atom. The third-order valence-corrected chi connectivity index (χ3v) is 3.66. The molecule has 0 radical (unpaired) electrons. The molecule has 0 aliphatic rings. The average Bonchev–Trinajstić information content (AvgIpc) is 2.26. The fourth-order valence-corrected chi connectivity index (χ4v) is 1.01. The topological polar surface area (TPSA) is 0 Å². The first-order valence-corrected chi connectivity index (χ1v) is 6.93. The molecule has 0 rings (SSSR count). The lowest BCUT2D eigenvalue weighted by Gasteiger charge is -2.18. The number of hydrogen-bond acceptors (Lipinski definition) is 0. The number of unbranched alkanes of at least 4 members (excludes halogenated alkanes) is 1. The van der Waals surface area contributed by atoms with Gasteiger partial charge in [0.25, 0.3) is 0 Å². The van der Waals surface area contributed by atoms with Gasteiger partial charge in [-0.1, -0.05) is 87.0 Å². The molecule has 94 valence electrons. The summed E-state index contributed by atoms with van der Waals surface area (Å²) in [5, 5.41) is 0. The lowest BCUT2D eigenvalue weighted by molar-refractivity contribution is 0.338. The zero-order valence-electron chi connectivity index (χ0n) is 12.3. The Kier molecular flexibility index (Phi) is 12.2. The zero-order chi connectivity index (χ0) is 12.3. The van der Waals surface area contributed by atoms with Gasteiger partial charge in [-0.2, -0.15) is 0 Å². The van der Waals surface area contributed by atoms with Crippen molar-refractivity contribution >= 4 is 0 Å². The molecule has 0 aliphatic heterocycles. The SMILES string of the molecule is CCC(C)(C)CC.CCCCC(C)CC. The van der Waals surface area contributed by atoms with Crippen molar-refractivity contribution in [2.75, 3.05) is 0 Å². The summed E-state index contributed by atoms with van der Waals surface area (Å²) in [4.78, 5) is 0. The Hall–Kier alpha value is 0. The Balaban J connectivity index is 0. The lowest BCUT2D eigenvalue weighted by atomic mass is 9.88. The first-order valence-electron chi connectivity index (χ1n) is 6.93. The zero-order valence-corrected chi connectivity index (χ0v) is 12.3. The minimum atomic E-state index is 0.583. The molecule has 0 saturated carbocycles. The summed E-state index contributed by atoms with van der Waals surface area (Å²) in [6, 6.07) is 0. The van der Waals surface area contributed by atoms with Gasteiger partial charge in [0, 0.05) is 0 Å². The smallest absolute Gasteiger partial charge is 0.0359 e. The van der Waals surface area contributed by atoms with Gasteiger partial charge in [0.1, 0.15) is 0 Å². The van der Waals surface area contributed by atoms with Gasteiger partial charge in [0.15, 0.2) is 0 Å². The first kappa shape index (κ1) is 17.4. The van der Waals surface area contributed by atoms with E-state index in [9.17, 15) is 0 Å². The van der Waals surface area contributed by atoms with Crippen LogP contribution in [0.2, 0.25) is 0 Å². The quantitative estimate of drug-likeness (QED) is 0.504. The summed E-state index contributed by atoms with van der Waals surface area (Å²) >= 11 is 0. The van der Waals surface area contributed by atoms with Gasteiger partial charge in [0.05, 0.1) is 0 Å². The maximum absolute atomic E-state index is 2.33. The van der Waals surface area contributed by atoms with Gasteiger partial charge in [-0.25, -0.2) is 0 Å². The van der Waals surface area contributed by atoms with Crippen LogP contribution in [0.1, 0.15) is 87.0 Å². The van der Waals surface area contributed by atoms with E-state index in [2.05, 4.69) is 48.5 Å². The molecule has 0 aromatic rings. The summed E-state index contributed by atoms with van der Waals surface area (Å²) in [6.07, 6.45) is 8.12. The van der Waals surface area contributed by atoms with E-state index in [-0.39, 0.29) is 0 Å². The second-order valence-electron chi connectivity index (χ2n) is 5.53. The van der Waals surface area contributed by atoms with Crippen molar-refractivity contribution in [3.8, 4) is 0 Å². The molecule has 0 fully saturated rings. The van der Waals surface area contributed by atoms with Crippen LogP contribution in [-0.2, 0) is 0 Å². The van der Waals surface area contributed by atoms with E-state index in [1.807, 2.05) is 0 Å². The highest BCUT2D eigenvalue weighted by Crippen LogP contribution is 2.22. The highest BCUT2D eigenvalue weighted by Gasteiger charge is 2.09. The Morgan fingerprint density at radius 2 is 1.40 bits per heavy atom. The van der Waals surface area contributed by atoms with Gasteiger partial charge in [-0.3, -0.25) is 0 Å². The molecule has 0 bridgehead atoms. The predicted octanol–water partition coefficient (Wildman–Crippen LogP) is 6.06. The van der Waals surface area contributed by atoms with E-state index in [0.717, 1.165) is 5.92 Å². The monoisotopic (exact) mass is 214 g/mol. The van der Waals surface area contributed by atoms with Gasteiger partial charge in [-0.05, 0) is 11.3 Å². The maximum atomic E-state index is 2.33. The molecule has 0 spiro atoms. The molecule has 15 heavy (non-hydrogen) atoms. The normalized spacial score (nSPS) is 13.0. The summed E-state index contributed by atoms with van der Waals surface area (Å²) in [5.74, 6) is 0.954. The summed E-state index contributed by atoms with van der Waals surface area (Å²) in [5.41, 5.74) is 0.583. The van der Waals surface area contributed by atoms with E-state index < -0.39 is 0 Å². The van der Waals surface area contributed by atoms with Crippen LogP contribution in [0, 0.1) is 11.3 Å². The van der Waals surface area contributed by atoms with Crippen molar-refractivity contribution in [2.24, 2.45) is 11.3 Å². The van der Waals surface area contributed by atoms with Crippen LogP contribution < -0.4 is 0 Å². The lowest BCUT2D eigenvalue weighted by Crippen LogP contribution is -2.05. The molecule has 0 N–H and O–H groups in total. The molecule has 1 unspecified atom stereocenters. The predicted molar refractivity (Wildman–Crippen MR) is 73.3 cm³/mol. The third-order valence-electron chi connectivity index (χ3n) is 3.66. The van der Waals surface area contributed by atoms with Gasteiger partial charge < -0.3 is 0 Å². The third kappa shape index (κ3) is 14.0. The molecule has 0 aromatic carbocycles. The van der Waals surface area contributed by atoms with Gasteiger partial charge in [0.2, 0.25) is 0 Å².